The third kappa shape index (κ3) is 4.83. The molecule has 0 aliphatic carbocycles. The Morgan fingerprint density at radius 3 is 2.67 bits per heavy atom. The Morgan fingerprint density at radius 1 is 1.23 bits per heavy atom. The summed E-state index contributed by atoms with van der Waals surface area (Å²) in [5.74, 6) is -0.498. The first-order valence-corrected chi connectivity index (χ1v) is 10.3. The Hall–Kier alpha value is -3.25. The van der Waals surface area contributed by atoms with Crippen molar-refractivity contribution in [3.05, 3.63) is 77.1 Å². The lowest BCUT2D eigenvalue weighted by molar-refractivity contribution is -0.124. The van der Waals surface area contributed by atoms with Crippen LogP contribution in [0.1, 0.15) is 55.0 Å². The standard InChI is InChI=1S/C24H28N4O2/c1-3-19(18-11-8-17(9-12-18)10-15-24(29)27-30)21(25)14-13-20-22(4-2)26-28-16-6-5-7-23(20)28/h5-12,15-16,19,25,30H,3-4,13-14H2,1-2H3,(H,27,29)/b15-10+,25-21?/t19-/m0/s1. The molecular formula is C24H28N4O2. The van der Waals surface area contributed by atoms with Gasteiger partial charge in [0.15, 0.2) is 0 Å². The van der Waals surface area contributed by atoms with E-state index in [4.69, 9.17) is 10.6 Å². The largest absolute Gasteiger partial charge is 0.309 e. The van der Waals surface area contributed by atoms with Gasteiger partial charge >= 0.3 is 0 Å². The molecule has 1 aromatic carbocycles. The maximum atomic E-state index is 11.1. The van der Waals surface area contributed by atoms with Gasteiger partial charge in [0.25, 0.3) is 5.91 Å². The van der Waals surface area contributed by atoms with Crippen molar-refractivity contribution in [3.63, 3.8) is 0 Å². The van der Waals surface area contributed by atoms with Gasteiger partial charge in [0.2, 0.25) is 0 Å². The Balaban J connectivity index is 1.71. The number of carbonyl (C=O) groups excluding carboxylic acids is 1. The molecule has 0 saturated heterocycles. The van der Waals surface area contributed by atoms with Gasteiger partial charge in [0.1, 0.15) is 0 Å². The molecule has 0 bridgehead atoms. The summed E-state index contributed by atoms with van der Waals surface area (Å²) in [6, 6.07) is 14.0. The third-order valence-corrected chi connectivity index (χ3v) is 5.41. The fourth-order valence-corrected chi connectivity index (χ4v) is 3.82. The maximum absolute atomic E-state index is 11.1. The number of aromatic nitrogens is 2. The van der Waals surface area contributed by atoms with Gasteiger partial charge in [-0.3, -0.25) is 10.0 Å². The number of hydrogen-bond donors (Lipinski definition) is 3. The van der Waals surface area contributed by atoms with Crippen LogP contribution in [0.3, 0.4) is 0 Å². The van der Waals surface area contributed by atoms with Crippen LogP contribution in [0.2, 0.25) is 0 Å². The number of hydrogen-bond acceptors (Lipinski definition) is 4. The summed E-state index contributed by atoms with van der Waals surface area (Å²) < 4.78 is 1.93. The molecule has 6 heteroatoms. The van der Waals surface area contributed by atoms with Crippen LogP contribution in [0.15, 0.2) is 54.7 Å². The van der Waals surface area contributed by atoms with Gasteiger partial charge in [-0.15, -0.1) is 0 Å². The fourth-order valence-electron chi connectivity index (χ4n) is 3.82. The number of nitrogens with one attached hydrogen (secondary N) is 2. The van der Waals surface area contributed by atoms with E-state index >= 15 is 0 Å². The molecule has 6 nitrogen and oxygen atoms in total. The van der Waals surface area contributed by atoms with Crippen LogP contribution in [-0.2, 0) is 17.6 Å². The molecule has 1 amide bonds. The molecule has 0 radical (unpaired) electrons. The van der Waals surface area contributed by atoms with Crippen LogP contribution < -0.4 is 5.48 Å². The van der Waals surface area contributed by atoms with E-state index in [-0.39, 0.29) is 5.92 Å². The average Bonchev–Trinajstić information content (AvgIpc) is 3.15. The van der Waals surface area contributed by atoms with E-state index in [0.29, 0.717) is 6.42 Å². The average molecular weight is 405 g/mol. The second-order valence-corrected chi connectivity index (χ2v) is 7.27. The minimum atomic E-state index is -0.563. The lowest BCUT2D eigenvalue weighted by atomic mass is 9.88. The Labute approximate surface area is 176 Å². The molecule has 0 unspecified atom stereocenters. The van der Waals surface area contributed by atoms with Gasteiger partial charge in [-0.25, -0.2) is 10.00 Å². The van der Waals surface area contributed by atoms with Gasteiger partial charge < -0.3 is 5.41 Å². The van der Waals surface area contributed by atoms with Crippen molar-refractivity contribution < 1.29 is 10.0 Å². The third-order valence-electron chi connectivity index (χ3n) is 5.41. The van der Waals surface area contributed by atoms with Crippen molar-refractivity contribution in [2.24, 2.45) is 0 Å². The second-order valence-electron chi connectivity index (χ2n) is 7.27. The fraction of sp³-hybridized carbons (Fsp3) is 0.292. The second kappa shape index (κ2) is 9.98. The van der Waals surface area contributed by atoms with Crippen molar-refractivity contribution in [2.45, 2.75) is 45.4 Å². The van der Waals surface area contributed by atoms with Gasteiger partial charge in [-0.2, -0.15) is 5.10 Å². The molecule has 156 valence electrons. The molecule has 3 rings (SSSR count). The molecule has 3 aromatic rings. The smallest absolute Gasteiger partial charge is 0.267 e. The highest BCUT2D eigenvalue weighted by molar-refractivity contribution is 5.91. The van der Waals surface area contributed by atoms with E-state index in [2.05, 4.69) is 25.0 Å². The van der Waals surface area contributed by atoms with Crippen LogP contribution in [0.5, 0.6) is 0 Å². The minimum Gasteiger partial charge on any atom is -0.309 e. The first kappa shape index (κ1) is 21.5. The summed E-state index contributed by atoms with van der Waals surface area (Å²) in [5.41, 5.74) is 7.72. The summed E-state index contributed by atoms with van der Waals surface area (Å²) >= 11 is 0. The molecule has 1 atom stereocenters. The first-order chi connectivity index (χ1) is 14.6. The Morgan fingerprint density at radius 2 is 2.00 bits per heavy atom. The monoisotopic (exact) mass is 404 g/mol. The summed E-state index contributed by atoms with van der Waals surface area (Å²) in [6.45, 7) is 4.22. The highest BCUT2D eigenvalue weighted by Gasteiger charge is 2.17. The highest BCUT2D eigenvalue weighted by Crippen LogP contribution is 2.25. The van der Waals surface area contributed by atoms with Crippen molar-refractivity contribution in [1.29, 1.82) is 5.41 Å². The van der Waals surface area contributed by atoms with E-state index < -0.39 is 5.91 Å². The first-order valence-electron chi connectivity index (χ1n) is 10.3. The van der Waals surface area contributed by atoms with E-state index in [1.807, 2.05) is 47.1 Å². The minimum absolute atomic E-state index is 0.0654. The molecule has 0 aliphatic heterocycles. The molecule has 0 spiro atoms. The number of amides is 1. The zero-order valence-electron chi connectivity index (χ0n) is 17.4. The SMILES string of the molecule is CCc1nn2ccccc2c1CCC(=N)[C@@H](CC)c1ccc(/C=C/C(=O)NO)cc1. The zero-order valence-corrected chi connectivity index (χ0v) is 17.4. The van der Waals surface area contributed by atoms with Crippen molar-refractivity contribution >= 4 is 23.2 Å². The molecule has 0 aliphatic rings. The Kier molecular flexibility index (Phi) is 7.14. The summed E-state index contributed by atoms with van der Waals surface area (Å²) in [6.07, 6.45) is 8.12. The highest BCUT2D eigenvalue weighted by atomic mass is 16.5. The number of carbonyl (C=O) groups is 1. The predicted molar refractivity (Wildman–Crippen MR) is 119 cm³/mol. The summed E-state index contributed by atoms with van der Waals surface area (Å²) in [5, 5.41) is 21.9. The van der Waals surface area contributed by atoms with Crippen LogP contribution in [0, 0.1) is 5.41 Å². The van der Waals surface area contributed by atoms with Crippen LogP contribution in [0.4, 0.5) is 0 Å². The van der Waals surface area contributed by atoms with Crippen molar-refractivity contribution in [3.8, 4) is 0 Å². The normalized spacial score (nSPS) is 12.4. The lowest BCUT2D eigenvalue weighted by Gasteiger charge is -2.17. The predicted octanol–water partition coefficient (Wildman–Crippen LogP) is 4.56. The molecular weight excluding hydrogens is 376 g/mol. The van der Waals surface area contributed by atoms with Crippen LogP contribution >= 0.6 is 0 Å². The van der Waals surface area contributed by atoms with Crippen LogP contribution in [-0.4, -0.2) is 26.4 Å². The van der Waals surface area contributed by atoms with Crippen molar-refractivity contribution in [2.75, 3.05) is 0 Å². The molecule has 30 heavy (non-hydrogen) atoms. The summed E-state index contributed by atoms with van der Waals surface area (Å²) in [7, 11) is 0. The number of nitrogens with zero attached hydrogens (tertiary/aromatic N) is 2. The number of pyridine rings is 1. The van der Waals surface area contributed by atoms with Gasteiger partial charge in [-0.05, 0) is 55.0 Å². The van der Waals surface area contributed by atoms with Crippen LogP contribution in [0.25, 0.3) is 11.6 Å². The quantitative estimate of drug-likeness (QED) is 0.211. The molecule has 2 aromatic heterocycles. The molecule has 3 N–H and O–H groups in total. The molecule has 2 heterocycles. The molecule has 0 saturated carbocycles. The number of fused-ring (bicyclic) bond motifs is 1. The topological polar surface area (TPSA) is 90.5 Å². The van der Waals surface area contributed by atoms with E-state index in [1.54, 1.807) is 11.6 Å². The molecule has 0 fully saturated rings. The number of benzene rings is 1. The maximum Gasteiger partial charge on any atom is 0.267 e. The van der Waals surface area contributed by atoms with E-state index in [1.165, 1.54) is 11.6 Å². The number of rotatable bonds is 9. The van der Waals surface area contributed by atoms with Gasteiger partial charge in [-0.1, -0.05) is 44.2 Å². The van der Waals surface area contributed by atoms with Gasteiger partial charge in [0, 0.05) is 29.5 Å². The zero-order chi connectivity index (χ0) is 21.5. The Bertz CT molecular complexity index is 1050. The van der Waals surface area contributed by atoms with Crippen molar-refractivity contribution in [1.82, 2.24) is 15.1 Å². The van der Waals surface area contributed by atoms with E-state index in [9.17, 15) is 4.79 Å². The van der Waals surface area contributed by atoms with Gasteiger partial charge in [0.05, 0.1) is 11.2 Å². The number of aryl methyl sites for hydroxylation is 2. The summed E-state index contributed by atoms with van der Waals surface area (Å²) in [4.78, 5) is 11.1. The van der Waals surface area contributed by atoms with E-state index in [0.717, 1.165) is 47.3 Å². The number of hydroxylamine groups is 1. The lowest BCUT2D eigenvalue weighted by Crippen LogP contribution is -2.14.